The first kappa shape index (κ1) is 27.5. The second-order valence-corrected chi connectivity index (χ2v) is 11.1. The fourth-order valence-corrected chi connectivity index (χ4v) is 5.76. The van der Waals surface area contributed by atoms with Gasteiger partial charge in [-0.25, -0.2) is 0 Å². The highest BCUT2D eigenvalue weighted by atomic mass is 16.2. The fourth-order valence-electron chi connectivity index (χ4n) is 5.76. The van der Waals surface area contributed by atoms with Crippen LogP contribution in [0.4, 0.5) is 11.4 Å². The number of rotatable bonds is 8. The first-order valence-corrected chi connectivity index (χ1v) is 14.7. The Kier molecular flexibility index (Phi) is 8.15. The van der Waals surface area contributed by atoms with Crippen molar-refractivity contribution in [1.29, 1.82) is 0 Å². The Hall–Kier alpha value is -4.68. The van der Waals surface area contributed by atoms with E-state index in [9.17, 15) is 9.59 Å². The van der Waals surface area contributed by atoms with Crippen LogP contribution in [0.5, 0.6) is 0 Å². The van der Waals surface area contributed by atoms with Gasteiger partial charge in [0.15, 0.2) is 0 Å². The minimum absolute atomic E-state index is 0.152. The molecule has 1 saturated heterocycles. The number of anilines is 2. The number of benzene rings is 4. The van der Waals surface area contributed by atoms with Gasteiger partial charge >= 0.3 is 0 Å². The summed E-state index contributed by atoms with van der Waals surface area (Å²) in [5.41, 5.74) is 7.20. The Morgan fingerprint density at radius 2 is 1.52 bits per heavy atom. The maximum absolute atomic E-state index is 13.4. The molecule has 0 unspecified atom stereocenters. The zero-order valence-electron chi connectivity index (χ0n) is 23.9. The third-order valence-electron chi connectivity index (χ3n) is 8.06. The van der Waals surface area contributed by atoms with Crippen LogP contribution in [-0.4, -0.2) is 29.8 Å². The van der Waals surface area contributed by atoms with Gasteiger partial charge in [0.25, 0.3) is 11.8 Å². The summed E-state index contributed by atoms with van der Waals surface area (Å²) >= 11 is 0. The van der Waals surface area contributed by atoms with Gasteiger partial charge in [-0.2, -0.15) is 0 Å². The highest BCUT2D eigenvalue weighted by Crippen LogP contribution is 2.38. The molecule has 2 aliphatic rings. The number of fused-ring (bicyclic) bond motifs is 1. The van der Waals surface area contributed by atoms with Gasteiger partial charge in [-0.05, 0) is 79.9 Å². The lowest BCUT2D eigenvalue weighted by atomic mass is 9.98. The van der Waals surface area contributed by atoms with Crippen LogP contribution in [0, 0.1) is 0 Å². The second kappa shape index (κ2) is 12.5. The second-order valence-electron chi connectivity index (χ2n) is 11.1. The Morgan fingerprint density at radius 1 is 0.833 bits per heavy atom. The lowest BCUT2D eigenvalue weighted by Gasteiger charge is -2.26. The largest absolute Gasteiger partial charge is 0.354 e. The molecule has 0 saturated carbocycles. The fraction of sp³-hybridized carbons (Fsp3) is 0.222. The van der Waals surface area contributed by atoms with Crippen molar-refractivity contribution >= 4 is 34.5 Å². The molecule has 0 bridgehead atoms. The molecule has 1 fully saturated rings. The van der Waals surface area contributed by atoms with Crippen molar-refractivity contribution in [2.75, 3.05) is 23.7 Å². The molecule has 0 aliphatic carbocycles. The SMILES string of the molecule is C[C@@H](NC(=O)c1ccc2c(c1)/C(=C(/Nc1ccc(CN3CCCCC3)cc1)c1ccccc1)C(=O)N2)c1ccccc1. The van der Waals surface area contributed by atoms with Crippen molar-refractivity contribution in [3.63, 3.8) is 0 Å². The lowest BCUT2D eigenvalue weighted by molar-refractivity contribution is -0.110. The topological polar surface area (TPSA) is 73.5 Å². The minimum atomic E-state index is -0.201. The molecule has 0 radical (unpaired) electrons. The first-order chi connectivity index (χ1) is 20.5. The van der Waals surface area contributed by atoms with Crippen LogP contribution in [0.2, 0.25) is 0 Å². The number of nitrogens with zero attached hydrogens (tertiary/aromatic N) is 1. The molecule has 0 aromatic heterocycles. The summed E-state index contributed by atoms with van der Waals surface area (Å²) < 4.78 is 0. The number of nitrogens with one attached hydrogen (secondary N) is 3. The van der Waals surface area contributed by atoms with Gasteiger partial charge in [0.05, 0.1) is 17.3 Å². The maximum Gasteiger partial charge on any atom is 0.258 e. The predicted octanol–water partition coefficient (Wildman–Crippen LogP) is 7.10. The van der Waals surface area contributed by atoms with Crippen molar-refractivity contribution in [2.45, 2.75) is 38.8 Å². The van der Waals surface area contributed by atoms with Crippen LogP contribution >= 0.6 is 0 Å². The maximum atomic E-state index is 13.4. The van der Waals surface area contributed by atoms with Crippen molar-refractivity contribution in [2.24, 2.45) is 0 Å². The highest BCUT2D eigenvalue weighted by molar-refractivity contribution is 6.37. The van der Waals surface area contributed by atoms with Crippen molar-refractivity contribution in [3.05, 3.63) is 131 Å². The van der Waals surface area contributed by atoms with E-state index in [4.69, 9.17) is 0 Å². The predicted molar refractivity (Wildman–Crippen MR) is 170 cm³/mol. The van der Waals surface area contributed by atoms with E-state index in [-0.39, 0.29) is 17.9 Å². The molecule has 2 aliphatic heterocycles. The lowest BCUT2D eigenvalue weighted by Crippen LogP contribution is -2.29. The van der Waals surface area contributed by atoms with E-state index in [2.05, 4.69) is 45.1 Å². The van der Waals surface area contributed by atoms with Crippen molar-refractivity contribution in [1.82, 2.24) is 10.2 Å². The summed E-state index contributed by atoms with van der Waals surface area (Å²) in [6.07, 6.45) is 3.87. The smallest absolute Gasteiger partial charge is 0.258 e. The molecular formula is C36H36N4O2. The van der Waals surface area contributed by atoms with Gasteiger partial charge in [0.1, 0.15) is 0 Å². The van der Waals surface area contributed by atoms with E-state index in [0.29, 0.717) is 28.1 Å². The molecule has 2 heterocycles. The van der Waals surface area contributed by atoms with Crippen LogP contribution in [0.25, 0.3) is 11.3 Å². The summed E-state index contributed by atoms with van der Waals surface area (Å²) in [6.45, 7) is 5.23. The number of amides is 2. The third kappa shape index (κ3) is 6.14. The number of carbonyl (C=O) groups excluding carboxylic acids is 2. The number of hydrogen-bond donors (Lipinski definition) is 3. The molecule has 212 valence electrons. The average Bonchev–Trinajstić information content (AvgIpc) is 3.36. The monoisotopic (exact) mass is 556 g/mol. The Balaban J connectivity index is 1.30. The molecule has 6 nitrogen and oxygen atoms in total. The van der Waals surface area contributed by atoms with E-state index < -0.39 is 0 Å². The zero-order chi connectivity index (χ0) is 28.9. The molecule has 3 N–H and O–H groups in total. The number of hydrogen-bond acceptors (Lipinski definition) is 4. The number of piperidine rings is 1. The van der Waals surface area contributed by atoms with E-state index in [0.717, 1.165) is 36.4 Å². The van der Waals surface area contributed by atoms with Gasteiger partial charge in [-0.3, -0.25) is 14.5 Å². The zero-order valence-corrected chi connectivity index (χ0v) is 23.9. The Bertz CT molecular complexity index is 1590. The van der Waals surface area contributed by atoms with E-state index in [1.807, 2.05) is 73.7 Å². The van der Waals surface area contributed by atoms with Crippen LogP contribution in [0.1, 0.15) is 64.8 Å². The molecule has 4 aromatic carbocycles. The molecule has 4 aromatic rings. The molecule has 1 atom stereocenters. The third-order valence-corrected chi connectivity index (χ3v) is 8.06. The van der Waals surface area contributed by atoms with Gasteiger partial charge in [0, 0.05) is 29.0 Å². The van der Waals surface area contributed by atoms with E-state index in [1.54, 1.807) is 12.1 Å². The molecule has 6 heteroatoms. The van der Waals surface area contributed by atoms with Crippen LogP contribution in [0.15, 0.2) is 103 Å². The number of likely N-dealkylation sites (tertiary alicyclic amines) is 1. The Labute approximate surface area is 247 Å². The first-order valence-electron chi connectivity index (χ1n) is 14.7. The standard InChI is InChI=1S/C36H36N4O2/c1-25(27-11-5-2-6-12-27)37-35(41)29-17-20-32-31(23-29)33(36(42)39-32)34(28-13-7-3-8-14-28)38-30-18-15-26(16-19-30)24-40-21-9-4-10-22-40/h2-3,5-8,11-20,23,25,38H,4,9-10,21-22,24H2,1H3,(H,37,41)(H,39,42)/b34-33-/t25-/m1/s1. The van der Waals surface area contributed by atoms with Crippen molar-refractivity contribution in [3.8, 4) is 0 Å². The van der Waals surface area contributed by atoms with Gasteiger partial charge in [-0.15, -0.1) is 0 Å². The van der Waals surface area contributed by atoms with Crippen LogP contribution in [0.3, 0.4) is 0 Å². The van der Waals surface area contributed by atoms with Gasteiger partial charge < -0.3 is 16.0 Å². The Morgan fingerprint density at radius 3 is 2.24 bits per heavy atom. The van der Waals surface area contributed by atoms with Gasteiger partial charge in [-0.1, -0.05) is 79.2 Å². The van der Waals surface area contributed by atoms with Crippen molar-refractivity contribution < 1.29 is 9.59 Å². The summed E-state index contributed by atoms with van der Waals surface area (Å²) in [5, 5.41) is 9.63. The summed E-state index contributed by atoms with van der Waals surface area (Å²) in [4.78, 5) is 29.2. The average molecular weight is 557 g/mol. The summed E-state index contributed by atoms with van der Waals surface area (Å²) in [6, 6.07) is 33.4. The summed E-state index contributed by atoms with van der Waals surface area (Å²) in [7, 11) is 0. The number of carbonyl (C=O) groups is 2. The molecule has 42 heavy (non-hydrogen) atoms. The normalized spacial score (nSPS) is 16.7. The van der Waals surface area contributed by atoms with Gasteiger partial charge in [0.2, 0.25) is 0 Å². The van der Waals surface area contributed by atoms with E-state index in [1.165, 1.54) is 24.8 Å². The van der Waals surface area contributed by atoms with E-state index >= 15 is 0 Å². The quantitative estimate of drug-likeness (QED) is 0.203. The van der Waals surface area contributed by atoms with Crippen LogP contribution < -0.4 is 16.0 Å². The molecule has 6 rings (SSSR count). The molecule has 2 amide bonds. The molecular weight excluding hydrogens is 520 g/mol. The minimum Gasteiger partial charge on any atom is -0.354 e. The van der Waals surface area contributed by atoms with Crippen LogP contribution in [-0.2, 0) is 11.3 Å². The molecule has 0 spiro atoms. The summed E-state index contributed by atoms with van der Waals surface area (Å²) in [5.74, 6) is -0.389. The highest BCUT2D eigenvalue weighted by Gasteiger charge is 2.29.